The molecule has 7 unspecified atom stereocenters. The van der Waals surface area contributed by atoms with Crippen LogP contribution in [0.25, 0.3) is 0 Å². The largest absolute Gasteiger partial charge is 0.400 e. The number of alkyl halides is 2. The summed E-state index contributed by atoms with van der Waals surface area (Å²) in [6, 6.07) is 0. The van der Waals surface area contributed by atoms with Gasteiger partial charge in [-0.15, -0.1) is 0 Å². The van der Waals surface area contributed by atoms with E-state index in [2.05, 4.69) is 5.32 Å². The Balaban J connectivity index is 0.000000329. The first kappa shape index (κ1) is 26.0. The molecular formula is C24H37F2N3O4. The number of carbonyl (C=O) groups excluding carboxylic acids is 2. The van der Waals surface area contributed by atoms with Crippen LogP contribution in [-0.4, -0.2) is 71.8 Å². The predicted molar refractivity (Wildman–Crippen MR) is 120 cm³/mol. The van der Waals surface area contributed by atoms with E-state index in [0.717, 1.165) is 26.6 Å². The number of aliphatic hydroxyl groups excluding tert-OH is 2. The Bertz CT molecular complexity index is 818. The molecule has 5 fully saturated rings. The summed E-state index contributed by atoms with van der Waals surface area (Å²) >= 11 is 0. The number of aliphatic hydroxyl groups is 2. The number of nitrogens with one attached hydrogen (secondary N) is 3. The first-order valence-electron chi connectivity index (χ1n) is 11.8. The number of Topliss-reactive ketones (excluding diaryl/α,β-unsaturated/α-hetero) is 2. The van der Waals surface area contributed by atoms with Crippen LogP contribution in [-0.2, 0) is 9.59 Å². The van der Waals surface area contributed by atoms with Gasteiger partial charge in [-0.1, -0.05) is 6.92 Å². The molecule has 7 nitrogen and oxygen atoms in total. The van der Waals surface area contributed by atoms with Crippen molar-refractivity contribution >= 4 is 23.0 Å². The summed E-state index contributed by atoms with van der Waals surface area (Å²) in [6.45, 7) is 5.13. The first-order valence-corrected chi connectivity index (χ1v) is 11.8. The molecule has 33 heavy (non-hydrogen) atoms. The average Bonchev–Trinajstić information content (AvgIpc) is 3.36. The molecule has 4 aliphatic carbocycles. The smallest absolute Gasteiger partial charge is 0.176 e. The normalized spacial score (nSPS) is 46.3. The van der Waals surface area contributed by atoms with Gasteiger partial charge in [0.2, 0.25) is 0 Å². The van der Waals surface area contributed by atoms with Gasteiger partial charge in [0.15, 0.2) is 23.9 Å². The van der Waals surface area contributed by atoms with Gasteiger partial charge in [-0.3, -0.25) is 9.59 Å². The molecule has 5 aliphatic rings. The average molecular weight is 470 g/mol. The van der Waals surface area contributed by atoms with E-state index in [1.54, 1.807) is 0 Å². The summed E-state index contributed by atoms with van der Waals surface area (Å²) in [5.41, 5.74) is -1.08. The minimum Gasteiger partial charge on any atom is -0.400 e. The lowest BCUT2D eigenvalue weighted by molar-refractivity contribution is -0.163. The summed E-state index contributed by atoms with van der Waals surface area (Å²) in [4.78, 5) is 25.4. The van der Waals surface area contributed by atoms with E-state index >= 15 is 4.39 Å². The third-order valence-corrected chi connectivity index (χ3v) is 8.91. The molecule has 0 radical (unpaired) electrons. The molecule has 186 valence electrons. The van der Waals surface area contributed by atoms with E-state index in [0.29, 0.717) is 37.1 Å². The van der Waals surface area contributed by atoms with Gasteiger partial charge in [-0.05, 0) is 69.2 Å². The van der Waals surface area contributed by atoms with Crippen LogP contribution in [0.4, 0.5) is 8.78 Å². The van der Waals surface area contributed by atoms with Gasteiger partial charge < -0.3 is 26.3 Å². The minimum absolute atomic E-state index is 0.0337. The van der Waals surface area contributed by atoms with Crippen LogP contribution in [0.1, 0.15) is 52.4 Å². The van der Waals surface area contributed by atoms with E-state index < -0.39 is 46.6 Å². The number of hydrogen-bond donors (Lipinski definition) is 5. The number of β-amino-alcohol motifs (C(OH)–C–C–N with tert-alkyl or cyclic N) is 1. The molecule has 0 aromatic rings. The van der Waals surface area contributed by atoms with E-state index in [1.807, 2.05) is 6.92 Å². The Morgan fingerprint density at radius 1 is 1.12 bits per heavy atom. The van der Waals surface area contributed by atoms with Crippen molar-refractivity contribution in [1.82, 2.24) is 5.32 Å². The van der Waals surface area contributed by atoms with Gasteiger partial charge in [0.25, 0.3) is 0 Å². The Kier molecular flexibility index (Phi) is 7.56. The predicted octanol–water partition coefficient (Wildman–Crippen LogP) is 2.27. The van der Waals surface area contributed by atoms with Crippen molar-refractivity contribution in [3.63, 3.8) is 0 Å². The van der Waals surface area contributed by atoms with Crippen molar-refractivity contribution < 1.29 is 28.6 Å². The summed E-state index contributed by atoms with van der Waals surface area (Å²) < 4.78 is 29.4. The van der Waals surface area contributed by atoms with E-state index in [-0.39, 0.29) is 24.4 Å². The third kappa shape index (κ3) is 4.10. The minimum atomic E-state index is -1.96. The van der Waals surface area contributed by atoms with Crippen LogP contribution in [0, 0.1) is 45.3 Å². The van der Waals surface area contributed by atoms with Gasteiger partial charge in [0, 0.05) is 36.9 Å². The lowest BCUT2D eigenvalue weighted by atomic mass is 9.44. The van der Waals surface area contributed by atoms with Gasteiger partial charge >= 0.3 is 0 Å². The number of rotatable bonds is 0. The fourth-order valence-corrected chi connectivity index (χ4v) is 7.10. The van der Waals surface area contributed by atoms with Crippen molar-refractivity contribution in [2.24, 2.45) is 34.5 Å². The fourth-order valence-electron chi connectivity index (χ4n) is 7.10. The topological polar surface area (TPSA) is 134 Å². The number of carbonyl (C=O) groups is 2. The second-order valence-electron chi connectivity index (χ2n) is 10.6. The second-order valence-corrected chi connectivity index (χ2v) is 10.6. The molecule has 0 aromatic carbocycles. The van der Waals surface area contributed by atoms with Crippen molar-refractivity contribution in [3.05, 3.63) is 0 Å². The van der Waals surface area contributed by atoms with E-state index in [4.69, 9.17) is 21.0 Å². The molecule has 0 bridgehead atoms. The van der Waals surface area contributed by atoms with Crippen LogP contribution in [0.3, 0.4) is 0 Å². The monoisotopic (exact) mass is 469 g/mol. The van der Waals surface area contributed by atoms with E-state index in [1.165, 1.54) is 6.92 Å². The highest BCUT2D eigenvalue weighted by molar-refractivity contribution is 6.03. The van der Waals surface area contributed by atoms with Crippen LogP contribution in [0.2, 0.25) is 0 Å². The molecule has 1 aliphatic heterocycles. The van der Waals surface area contributed by atoms with Gasteiger partial charge in [0.05, 0.1) is 11.5 Å². The number of halogens is 2. The van der Waals surface area contributed by atoms with Crippen LogP contribution < -0.4 is 5.32 Å². The molecule has 5 N–H and O–H groups in total. The van der Waals surface area contributed by atoms with Gasteiger partial charge in [-0.25, -0.2) is 8.78 Å². The maximum atomic E-state index is 15.2. The highest BCUT2D eigenvalue weighted by Gasteiger charge is 2.70. The molecule has 0 spiro atoms. The van der Waals surface area contributed by atoms with Crippen molar-refractivity contribution in [1.29, 1.82) is 10.8 Å². The second kappa shape index (κ2) is 9.58. The molecule has 9 heteroatoms. The molecule has 1 heterocycles. The standard InChI is InChI=1S/C19H24F2N2O2.C4H9NO.CH4O/c1-18-4-3-8(22)5-11(18)13(23)6-9-10-7-12(20)17(25)19(10,2)16(21)15(24)14(9)18;6-4-1-2-5-3-4;1-2/h9-12,14,16,22-23H,3-7H2,1-2H3;4-6H,1-3H2;2H,1H3/t9?,10?,11?,12?,14?,16?,18-,19+;;/m0../s1. The lowest BCUT2D eigenvalue weighted by Crippen LogP contribution is -2.64. The number of fused-ring (bicyclic) bond motifs is 5. The highest BCUT2D eigenvalue weighted by Crippen LogP contribution is 2.64. The number of ketones is 2. The Hall–Kier alpha value is -1.58. The zero-order valence-electron chi connectivity index (χ0n) is 19.7. The summed E-state index contributed by atoms with van der Waals surface area (Å²) in [6.07, 6.45) is -0.933. The summed E-state index contributed by atoms with van der Waals surface area (Å²) in [5, 5.41) is 35.2. The third-order valence-electron chi connectivity index (χ3n) is 8.91. The SMILES string of the molecule is CO.C[C@]12CCC(=N)CC1C(=N)CC1C2C(=O)C(F)[C@]2(C)C(=O)C(F)CC12.OC1CCNC1. The molecule has 0 aromatic heterocycles. The quantitative estimate of drug-likeness (QED) is 0.371. The first-order chi connectivity index (χ1) is 15.5. The van der Waals surface area contributed by atoms with E-state index in [9.17, 15) is 14.0 Å². The summed E-state index contributed by atoms with van der Waals surface area (Å²) in [7, 11) is 1.00. The molecule has 4 saturated carbocycles. The van der Waals surface area contributed by atoms with Gasteiger partial charge in [-0.2, -0.15) is 0 Å². The summed E-state index contributed by atoms with van der Waals surface area (Å²) in [5.74, 6) is -3.00. The zero-order chi connectivity index (χ0) is 24.7. The number of hydrogen-bond acceptors (Lipinski definition) is 7. The molecular weight excluding hydrogens is 432 g/mol. The van der Waals surface area contributed by atoms with Crippen molar-refractivity contribution in [2.45, 2.75) is 70.8 Å². The molecule has 9 atom stereocenters. The lowest BCUT2D eigenvalue weighted by Gasteiger charge is -2.58. The molecule has 1 saturated heterocycles. The highest BCUT2D eigenvalue weighted by atomic mass is 19.1. The zero-order valence-corrected chi connectivity index (χ0v) is 19.7. The van der Waals surface area contributed by atoms with Crippen LogP contribution >= 0.6 is 0 Å². The van der Waals surface area contributed by atoms with Gasteiger partial charge in [0.1, 0.15) is 0 Å². The van der Waals surface area contributed by atoms with Crippen molar-refractivity contribution in [3.8, 4) is 0 Å². The maximum Gasteiger partial charge on any atom is 0.176 e. The fraction of sp³-hybridized carbons (Fsp3) is 0.833. The molecule has 5 rings (SSSR count). The Morgan fingerprint density at radius 3 is 2.33 bits per heavy atom. The van der Waals surface area contributed by atoms with Crippen LogP contribution in [0.5, 0.6) is 0 Å². The Morgan fingerprint density at radius 2 is 1.79 bits per heavy atom. The van der Waals surface area contributed by atoms with Crippen LogP contribution in [0.15, 0.2) is 0 Å². The molecule has 0 amide bonds. The Labute approximate surface area is 193 Å². The maximum absolute atomic E-state index is 15.2. The van der Waals surface area contributed by atoms with Crippen molar-refractivity contribution in [2.75, 3.05) is 20.2 Å².